The second kappa shape index (κ2) is 7.63. The van der Waals surface area contributed by atoms with Gasteiger partial charge in [0.15, 0.2) is 0 Å². The molecule has 0 saturated heterocycles. The van der Waals surface area contributed by atoms with Crippen LogP contribution >= 0.6 is 0 Å². The van der Waals surface area contributed by atoms with Crippen LogP contribution in [-0.4, -0.2) is 0 Å². The van der Waals surface area contributed by atoms with E-state index in [0.29, 0.717) is 5.70 Å². The molecule has 0 bridgehead atoms. The maximum Gasteiger partial charge on any atom is 0.0241 e. The molecule has 0 aliphatic rings. The molecule has 0 radical (unpaired) electrons. The van der Waals surface area contributed by atoms with E-state index in [4.69, 9.17) is 5.73 Å². The van der Waals surface area contributed by atoms with Crippen molar-refractivity contribution in [3.05, 3.63) is 73.0 Å². The molecule has 0 rings (SSSR count). The van der Waals surface area contributed by atoms with Crippen molar-refractivity contribution in [3.8, 4) is 0 Å². The molecule has 2 N–H and O–H groups in total. The number of hydrogen-bond donors (Lipinski definition) is 1. The second-order valence-electron chi connectivity index (χ2n) is 3.35. The van der Waals surface area contributed by atoms with E-state index in [1.807, 2.05) is 30.4 Å². The molecule has 0 aromatic heterocycles. The second-order valence-corrected chi connectivity index (χ2v) is 3.35. The van der Waals surface area contributed by atoms with Crippen molar-refractivity contribution in [3.63, 3.8) is 0 Å². The van der Waals surface area contributed by atoms with Gasteiger partial charge in [-0.25, -0.2) is 0 Å². The minimum atomic E-state index is 0.530. The van der Waals surface area contributed by atoms with Gasteiger partial charge in [0, 0.05) is 5.70 Å². The van der Waals surface area contributed by atoms with Crippen LogP contribution in [0, 0.1) is 0 Å². The summed E-state index contributed by atoms with van der Waals surface area (Å²) in [5.74, 6) is 0. The van der Waals surface area contributed by atoms with Gasteiger partial charge in [-0.1, -0.05) is 49.1 Å². The Kier molecular flexibility index (Phi) is 6.73. The Labute approximate surface area is 92.7 Å². The number of allylic oxidation sites excluding steroid dienone is 8. The van der Waals surface area contributed by atoms with Crippen LogP contribution in [0.1, 0.15) is 13.3 Å². The van der Waals surface area contributed by atoms with Gasteiger partial charge in [0.2, 0.25) is 0 Å². The maximum atomic E-state index is 5.39. The Balaban J connectivity index is 4.18. The molecule has 0 aliphatic heterocycles. The predicted octanol–water partition coefficient (Wildman–Crippen LogP) is 3.65. The third-order valence-corrected chi connectivity index (χ3v) is 1.67. The predicted molar refractivity (Wildman–Crippen MR) is 69.3 cm³/mol. The molecular weight excluding hydrogens is 182 g/mol. The molecule has 0 spiro atoms. The lowest BCUT2D eigenvalue weighted by atomic mass is 10.2. The van der Waals surface area contributed by atoms with E-state index in [9.17, 15) is 0 Å². The van der Waals surface area contributed by atoms with Gasteiger partial charge < -0.3 is 5.73 Å². The van der Waals surface area contributed by atoms with Gasteiger partial charge >= 0.3 is 0 Å². The zero-order chi connectivity index (χ0) is 11.7. The van der Waals surface area contributed by atoms with Gasteiger partial charge in [0.25, 0.3) is 0 Å². The lowest BCUT2D eigenvalue weighted by Gasteiger charge is -1.92. The van der Waals surface area contributed by atoms with Gasteiger partial charge in [0.1, 0.15) is 0 Å². The molecule has 0 aromatic rings. The highest BCUT2D eigenvalue weighted by atomic mass is 14.5. The van der Waals surface area contributed by atoms with Gasteiger partial charge in [-0.15, -0.1) is 6.58 Å². The standard InChI is InChI=1S/C14H19N/c1-5-7-12(2)8-6-9-13(3)10-11-14(4)15/h5-6,8-11H,1,3-4,7,15H2,2H3/b9-6+,11-10-,12-8-. The zero-order valence-corrected chi connectivity index (χ0v) is 9.37. The first kappa shape index (κ1) is 13.2. The molecule has 80 valence electrons. The van der Waals surface area contributed by atoms with E-state index in [1.54, 1.807) is 6.08 Å². The molecule has 0 amide bonds. The third-order valence-electron chi connectivity index (χ3n) is 1.67. The first-order valence-electron chi connectivity index (χ1n) is 4.82. The topological polar surface area (TPSA) is 26.0 Å². The summed E-state index contributed by atoms with van der Waals surface area (Å²) in [4.78, 5) is 0. The summed E-state index contributed by atoms with van der Waals surface area (Å²) in [5.41, 5.74) is 8.08. The summed E-state index contributed by atoms with van der Waals surface area (Å²) in [6.07, 6.45) is 12.3. The van der Waals surface area contributed by atoms with Crippen LogP contribution in [0.2, 0.25) is 0 Å². The average Bonchev–Trinajstić information content (AvgIpc) is 2.15. The summed E-state index contributed by atoms with van der Waals surface area (Å²) in [6.45, 7) is 13.1. The Morgan fingerprint density at radius 2 is 1.87 bits per heavy atom. The van der Waals surface area contributed by atoms with Crippen LogP contribution in [0.5, 0.6) is 0 Å². The lowest BCUT2D eigenvalue weighted by molar-refractivity contribution is 1.22. The lowest BCUT2D eigenvalue weighted by Crippen LogP contribution is -1.88. The smallest absolute Gasteiger partial charge is 0.0241 e. The number of hydrogen-bond acceptors (Lipinski definition) is 1. The molecular formula is C14H19N. The van der Waals surface area contributed by atoms with E-state index in [0.717, 1.165) is 12.0 Å². The van der Waals surface area contributed by atoms with Gasteiger partial charge in [-0.05, 0) is 25.0 Å². The van der Waals surface area contributed by atoms with E-state index in [1.165, 1.54) is 5.57 Å². The van der Waals surface area contributed by atoms with Gasteiger partial charge in [-0.2, -0.15) is 0 Å². The molecule has 1 heteroatoms. The Hall–Kier alpha value is -1.76. The fourth-order valence-electron chi connectivity index (χ4n) is 0.901. The monoisotopic (exact) mass is 201 g/mol. The SMILES string of the molecule is C=CC/C(C)=C\C=C\C(=C)/C=C\C(=C)N. The summed E-state index contributed by atoms with van der Waals surface area (Å²) in [5, 5.41) is 0. The van der Waals surface area contributed by atoms with Gasteiger partial charge in [0.05, 0.1) is 0 Å². The molecule has 0 heterocycles. The van der Waals surface area contributed by atoms with Crippen LogP contribution in [0.15, 0.2) is 73.0 Å². The van der Waals surface area contributed by atoms with Crippen molar-refractivity contribution in [1.29, 1.82) is 0 Å². The molecule has 0 aliphatic carbocycles. The molecule has 0 unspecified atom stereocenters. The summed E-state index contributed by atoms with van der Waals surface area (Å²) < 4.78 is 0. The molecule has 0 fully saturated rings. The van der Waals surface area contributed by atoms with E-state index >= 15 is 0 Å². The minimum Gasteiger partial charge on any atom is -0.399 e. The molecule has 0 atom stereocenters. The maximum absolute atomic E-state index is 5.39. The Morgan fingerprint density at radius 1 is 1.20 bits per heavy atom. The van der Waals surface area contributed by atoms with E-state index in [2.05, 4.69) is 26.7 Å². The van der Waals surface area contributed by atoms with Crippen LogP contribution < -0.4 is 5.73 Å². The van der Waals surface area contributed by atoms with Crippen molar-refractivity contribution < 1.29 is 0 Å². The van der Waals surface area contributed by atoms with Crippen LogP contribution in [0.3, 0.4) is 0 Å². The fourth-order valence-corrected chi connectivity index (χ4v) is 0.901. The number of nitrogens with two attached hydrogens (primary N) is 1. The first-order chi connectivity index (χ1) is 7.06. The van der Waals surface area contributed by atoms with Crippen molar-refractivity contribution in [2.45, 2.75) is 13.3 Å². The van der Waals surface area contributed by atoms with E-state index in [-0.39, 0.29) is 0 Å². The quantitative estimate of drug-likeness (QED) is 0.515. The molecule has 15 heavy (non-hydrogen) atoms. The summed E-state index contributed by atoms with van der Waals surface area (Å²) in [6, 6.07) is 0. The Morgan fingerprint density at radius 3 is 2.40 bits per heavy atom. The molecule has 0 aromatic carbocycles. The fraction of sp³-hybridized carbons (Fsp3) is 0.143. The minimum absolute atomic E-state index is 0.530. The highest BCUT2D eigenvalue weighted by molar-refractivity contribution is 5.33. The number of rotatable bonds is 6. The van der Waals surface area contributed by atoms with Crippen LogP contribution in [-0.2, 0) is 0 Å². The third kappa shape index (κ3) is 8.57. The van der Waals surface area contributed by atoms with Crippen molar-refractivity contribution in [2.24, 2.45) is 5.73 Å². The summed E-state index contributed by atoms with van der Waals surface area (Å²) >= 11 is 0. The zero-order valence-electron chi connectivity index (χ0n) is 9.37. The van der Waals surface area contributed by atoms with Gasteiger partial charge in [-0.3, -0.25) is 0 Å². The highest BCUT2D eigenvalue weighted by Gasteiger charge is 1.82. The Bertz CT molecular complexity index is 327. The normalized spacial score (nSPS) is 12.2. The first-order valence-corrected chi connectivity index (χ1v) is 4.82. The van der Waals surface area contributed by atoms with Crippen LogP contribution in [0.4, 0.5) is 0 Å². The van der Waals surface area contributed by atoms with E-state index < -0.39 is 0 Å². The summed E-state index contributed by atoms with van der Waals surface area (Å²) in [7, 11) is 0. The molecule has 1 nitrogen and oxygen atoms in total. The van der Waals surface area contributed by atoms with Crippen molar-refractivity contribution in [1.82, 2.24) is 0 Å². The largest absolute Gasteiger partial charge is 0.399 e. The highest BCUT2D eigenvalue weighted by Crippen LogP contribution is 2.02. The molecule has 0 saturated carbocycles. The average molecular weight is 201 g/mol. The van der Waals surface area contributed by atoms with Crippen molar-refractivity contribution >= 4 is 0 Å². The van der Waals surface area contributed by atoms with Crippen molar-refractivity contribution in [2.75, 3.05) is 0 Å². The van der Waals surface area contributed by atoms with Crippen LogP contribution in [0.25, 0.3) is 0 Å².